The first-order valence-electron chi connectivity index (χ1n) is 6.40. The number of anilines is 3. The molecule has 1 aliphatic rings. The van der Waals surface area contributed by atoms with Crippen molar-refractivity contribution in [3.05, 3.63) is 0 Å². The van der Waals surface area contributed by atoms with Gasteiger partial charge in [-0.2, -0.15) is 15.0 Å². The van der Waals surface area contributed by atoms with Crippen LogP contribution in [0.1, 0.15) is 0 Å². The Morgan fingerprint density at radius 1 is 1.00 bits per heavy atom. The second kappa shape index (κ2) is 5.98. The number of likely N-dealkylation sites (N-methyl/N-ethyl adjacent to an activating group) is 1. The smallest absolute Gasteiger partial charge is 0.244 e. The van der Waals surface area contributed by atoms with Crippen molar-refractivity contribution in [1.82, 2.24) is 24.9 Å². The Kier molecular flexibility index (Phi) is 4.33. The van der Waals surface area contributed by atoms with Crippen molar-refractivity contribution in [1.29, 1.82) is 0 Å². The lowest BCUT2D eigenvalue weighted by Crippen LogP contribution is -2.47. The summed E-state index contributed by atoms with van der Waals surface area (Å²) in [5.41, 5.74) is 3.25. The maximum Gasteiger partial charge on any atom is 0.244 e. The Labute approximate surface area is 113 Å². The van der Waals surface area contributed by atoms with Gasteiger partial charge in [0.1, 0.15) is 0 Å². The minimum atomic E-state index is 0.565. The largest absolute Gasteiger partial charge is 0.357 e. The van der Waals surface area contributed by atoms with Gasteiger partial charge in [0.15, 0.2) is 0 Å². The number of nitrogens with one attached hydrogen (secondary N) is 2. The quantitative estimate of drug-likeness (QED) is 0.759. The molecule has 8 heteroatoms. The predicted octanol–water partition coefficient (Wildman–Crippen LogP) is -0.446. The van der Waals surface area contributed by atoms with E-state index in [-0.39, 0.29) is 0 Å². The highest BCUT2D eigenvalue weighted by atomic mass is 15.6. The Morgan fingerprint density at radius 2 is 1.63 bits per heavy atom. The molecule has 2 rings (SSSR count). The number of nitrogens with zero attached hydrogens (tertiary/aromatic N) is 6. The van der Waals surface area contributed by atoms with Gasteiger partial charge in [-0.25, -0.2) is 5.01 Å². The number of rotatable bonds is 4. The van der Waals surface area contributed by atoms with Crippen LogP contribution >= 0.6 is 0 Å². The molecule has 1 aromatic rings. The molecule has 8 nitrogen and oxygen atoms in total. The molecule has 0 unspecified atom stereocenters. The number of hydrogen-bond acceptors (Lipinski definition) is 8. The lowest BCUT2D eigenvalue weighted by Gasteiger charge is -2.32. The zero-order chi connectivity index (χ0) is 13.8. The fourth-order valence-corrected chi connectivity index (χ4v) is 1.79. The van der Waals surface area contributed by atoms with Gasteiger partial charge < -0.3 is 15.1 Å². The van der Waals surface area contributed by atoms with Crippen LogP contribution in [0.4, 0.5) is 17.8 Å². The molecule has 0 saturated carbocycles. The summed E-state index contributed by atoms with van der Waals surface area (Å²) in [6, 6.07) is 0. The van der Waals surface area contributed by atoms with Gasteiger partial charge >= 0.3 is 0 Å². The Bertz CT molecular complexity index is 413. The zero-order valence-corrected chi connectivity index (χ0v) is 12.0. The molecule has 1 aromatic heterocycles. The second-order valence-corrected chi connectivity index (χ2v) is 4.83. The number of hydrogen-bond donors (Lipinski definition) is 2. The van der Waals surface area contributed by atoms with Gasteiger partial charge in [-0.1, -0.05) is 0 Å². The lowest BCUT2D eigenvalue weighted by atomic mass is 10.4. The van der Waals surface area contributed by atoms with E-state index in [0.717, 1.165) is 26.2 Å². The summed E-state index contributed by atoms with van der Waals surface area (Å²) in [6.45, 7) is 3.98. The first kappa shape index (κ1) is 13.8. The standard InChI is InChI=1S/C11H22N8/c1-12-9-13-10(15-11(14-9)17(2)3)16-19-7-5-18(4)6-8-19/h5-8H2,1-4H3,(H2,12,13,14,15,16). The third-order valence-electron chi connectivity index (χ3n) is 3.01. The highest BCUT2D eigenvalue weighted by Crippen LogP contribution is 2.12. The van der Waals surface area contributed by atoms with Crippen molar-refractivity contribution in [2.45, 2.75) is 0 Å². The van der Waals surface area contributed by atoms with Crippen LogP contribution in [-0.2, 0) is 0 Å². The van der Waals surface area contributed by atoms with Crippen LogP contribution in [0.2, 0.25) is 0 Å². The lowest BCUT2D eigenvalue weighted by molar-refractivity contribution is 0.178. The van der Waals surface area contributed by atoms with E-state index in [1.54, 1.807) is 7.05 Å². The molecule has 0 atom stereocenters. The van der Waals surface area contributed by atoms with Crippen LogP contribution in [0.25, 0.3) is 0 Å². The second-order valence-electron chi connectivity index (χ2n) is 4.83. The maximum atomic E-state index is 4.39. The van der Waals surface area contributed by atoms with E-state index < -0.39 is 0 Å². The Hall–Kier alpha value is -1.67. The number of aromatic nitrogens is 3. The normalized spacial score (nSPS) is 17.3. The molecule has 0 aromatic carbocycles. The number of hydrazine groups is 1. The molecule has 19 heavy (non-hydrogen) atoms. The van der Waals surface area contributed by atoms with E-state index in [0.29, 0.717) is 17.8 Å². The van der Waals surface area contributed by atoms with Gasteiger partial charge in [0, 0.05) is 47.3 Å². The third kappa shape index (κ3) is 3.65. The summed E-state index contributed by atoms with van der Waals surface area (Å²) in [5, 5.41) is 5.08. The minimum Gasteiger partial charge on any atom is -0.357 e. The molecule has 0 bridgehead atoms. The van der Waals surface area contributed by atoms with E-state index in [1.165, 1.54) is 0 Å². The average molecular weight is 266 g/mol. The summed E-state index contributed by atoms with van der Waals surface area (Å²) in [7, 11) is 7.75. The highest BCUT2D eigenvalue weighted by molar-refractivity contribution is 5.42. The topological polar surface area (TPSA) is 72.5 Å². The molecule has 1 saturated heterocycles. The summed E-state index contributed by atoms with van der Waals surface area (Å²) >= 11 is 0. The van der Waals surface area contributed by atoms with Gasteiger partial charge in [-0.05, 0) is 7.05 Å². The summed E-state index contributed by atoms with van der Waals surface area (Å²) in [6.07, 6.45) is 0. The van der Waals surface area contributed by atoms with Gasteiger partial charge in [-0.3, -0.25) is 5.43 Å². The molecule has 2 heterocycles. The van der Waals surface area contributed by atoms with E-state index >= 15 is 0 Å². The van der Waals surface area contributed by atoms with Gasteiger partial charge in [-0.15, -0.1) is 0 Å². The first-order chi connectivity index (χ1) is 9.08. The molecular formula is C11H22N8. The van der Waals surface area contributed by atoms with Crippen LogP contribution in [0.5, 0.6) is 0 Å². The maximum absolute atomic E-state index is 4.39. The molecule has 1 aliphatic heterocycles. The Morgan fingerprint density at radius 3 is 2.21 bits per heavy atom. The van der Waals surface area contributed by atoms with Gasteiger partial charge in [0.2, 0.25) is 17.8 Å². The third-order valence-corrected chi connectivity index (χ3v) is 3.01. The van der Waals surface area contributed by atoms with Crippen LogP contribution in [0, 0.1) is 0 Å². The predicted molar refractivity (Wildman–Crippen MR) is 76.4 cm³/mol. The fourth-order valence-electron chi connectivity index (χ4n) is 1.79. The van der Waals surface area contributed by atoms with Gasteiger partial charge in [0.05, 0.1) is 0 Å². The zero-order valence-electron chi connectivity index (χ0n) is 12.0. The summed E-state index contributed by atoms with van der Waals surface area (Å²) < 4.78 is 0. The monoisotopic (exact) mass is 266 g/mol. The molecule has 1 fully saturated rings. The summed E-state index contributed by atoms with van der Waals surface area (Å²) in [4.78, 5) is 17.2. The van der Waals surface area contributed by atoms with Crippen molar-refractivity contribution in [2.24, 2.45) is 0 Å². The molecular weight excluding hydrogens is 244 g/mol. The number of piperazine rings is 1. The van der Waals surface area contributed by atoms with Crippen molar-refractivity contribution in [3.63, 3.8) is 0 Å². The van der Waals surface area contributed by atoms with Crippen molar-refractivity contribution in [2.75, 3.05) is 70.0 Å². The molecule has 0 aliphatic carbocycles. The van der Waals surface area contributed by atoms with Crippen molar-refractivity contribution < 1.29 is 0 Å². The van der Waals surface area contributed by atoms with Crippen molar-refractivity contribution >= 4 is 17.8 Å². The first-order valence-corrected chi connectivity index (χ1v) is 6.40. The van der Waals surface area contributed by atoms with Crippen LogP contribution in [0.15, 0.2) is 0 Å². The molecule has 0 amide bonds. The minimum absolute atomic E-state index is 0.565. The Balaban J connectivity index is 2.08. The fraction of sp³-hybridized carbons (Fsp3) is 0.727. The highest BCUT2D eigenvalue weighted by Gasteiger charge is 2.15. The van der Waals surface area contributed by atoms with E-state index in [1.807, 2.05) is 19.0 Å². The van der Waals surface area contributed by atoms with Crippen molar-refractivity contribution in [3.8, 4) is 0 Å². The van der Waals surface area contributed by atoms with Crippen LogP contribution in [0.3, 0.4) is 0 Å². The molecule has 106 valence electrons. The SMILES string of the molecule is CNc1nc(NN2CCN(C)CC2)nc(N(C)C)n1. The molecule has 0 spiro atoms. The van der Waals surface area contributed by atoms with E-state index in [9.17, 15) is 0 Å². The summed E-state index contributed by atoms with van der Waals surface area (Å²) in [5.74, 6) is 1.78. The molecule has 0 radical (unpaired) electrons. The van der Waals surface area contributed by atoms with E-state index in [4.69, 9.17) is 0 Å². The average Bonchev–Trinajstić information content (AvgIpc) is 2.41. The van der Waals surface area contributed by atoms with Crippen LogP contribution < -0.4 is 15.6 Å². The van der Waals surface area contributed by atoms with Gasteiger partial charge in [0.25, 0.3) is 0 Å². The van der Waals surface area contributed by atoms with E-state index in [2.05, 4.69) is 42.7 Å². The van der Waals surface area contributed by atoms with Crippen LogP contribution in [-0.4, -0.2) is 79.2 Å². The molecule has 2 N–H and O–H groups in total.